The Hall–Kier alpha value is -1.51. The van der Waals surface area contributed by atoms with Crippen molar-refractivity contribution in [2.75, 3.05) is 0 Å². The van der Waals surface area contributed by atoms with E-state index < -0.39 is 5.97 Å². The second-order valence-corrected chi connectivity index (χ2v) is 2.68. The van der Waals surface area contributed by atoms with Gasteiger partial charge in [-0.15, -0.1) is 0 Å². The summed E-state index contributed by atoms with van der Waals surface area (Å²) in [6.07, 6.45) is 3.52. The van der Waals surface area contributed by atoms with Gasteiger partial charge in [-0.05, 0) is 25.1 Å². The smallest absolute Gasteiger partial charge is 0.331 e. The lowest BCUT2D eigenvalue weighted by molar-refractivity contribution is -0.132. The molecule has 0 aliphatic heterocycles. The number of aryl methyl sites for hydroxylation is 1. The first-order valence-corrected chi connectivity index (χ1v) is 3.64. The van der Waals surface area contributed by atoms with E-state index >= 15 is 0 Å². The molecule has 1 N–H and O–H groups in total. The largest absolute Gasteiger partial charge is 0.478 e. The number of hydrogen-bond donors (Lipinski definition) is 1. The van der Waals surface area contributed by atoms with Crippen molar-refractivity contribution >= 4 is 12.0 Å². The number of carboxylic acids is 1. The van der Waals surface area contributed by atoms with Gasteiger partial charge in [0.05, 0.1) is 0 Å². The van der Waals surface area contributed by atoms with Crippen LogP contribution in [0.25, 0.3) is 6.08 Å². The number of rotatable bonds is 2. The van der Waals surface area contributed by atoms with Gasteiger partial charge < -0.3 is 9.67 Å². The summed E-state index contributed by atoms with van der Waals surface area (Å²) in [6, 6.07) is 3.74. The zero-order chi connectivity index (χ0) is 9.14. The summed E-state index contributed by atoms with van der Waals surface area (Å²) in [5.74, 6) is -0.879. The molecule has 0 bridgehead atoms. The molecule has 0 saturated heterocycles. The number of carbonyl (C=O) groups is 1. The number of aliphatic carboxylic acids is 1. The molecule has 0 radical (unpaired) electrons. The van der Waals surface area contributed by atoms with Crippen LogP contribution in [0.1, 0.15) is 12.6 Å². The van der Waals surface area contributed by atoms with Crippen molar-refractivity contribution in [3.05, 3.63) is 29.6 Å². The van der Waals surface area contributed by atoms with Gasteiger partial charge in [0.1, 0.15) is 0 Å². The lowest BCUT2D eigenvalue weighted by atomic mass is 10.2. The van der Waals surface area contributed by atoms with Crippen LogP contribution < -0.4 is 0 Å². The van der Waals surface area contributed by atoms with Crippen LogP contribution in [0.15, 0.2) is 23.9 Å². The number of nitrogens with zero attached hydrogens (tertiary/aromatic N) is 1. The van der Waals surface area contributed by atoms with Crippen molar-refractivity contribution in [1.29, 1.82) is 0 Å². The van der Waals surface area contributed by atoms with Crippen molar-refractivity contribution in [3.63, 3.8) is 0 Å². The Balaban J connectivity index is 2.95. The Morgan fingerprint density at radius 3 is 2.75 bits per heavy atom. The van der Waals surface area contributed by atoms with E-state index in [4.69, 9.17) is 5.11 Å². The molecule has 0 aliphatic rings. The topological polar surface area (TPSA) is 42.2 Å². The van der Waals surface area contributed by atoms with Gasteiger partial charge in [-0.1, -0.05) is 0 Å². The molecule has 0 aromatic carbocycles. The summed E-state index contributed by atoms with van der Waals surface area (Å²) in [7, 11) is 1.88. The molecule has 0 amide bonds. The highest BCUT2D eigenvalue weighted by molar-refractivity contribution is 5.91. The van der Waals surface area contributed by atoms with E-state index in [1.165, 1.54) is 0 Å². The highest BCUT2D eigenvalue weighted by atomic mass is 16.4. The maximum absolute atomic E-state index is 10.5. The Morgan fingerprint density at radius 2 is 2.33 bits per heavy atom. The molecular formula is C9H11NO2. The van der Waals surface area contributed by atoms with Crippen LogP contribution >= 0.6 is 0 Å². The fourth-order valence-electron chi connectivity index (χ4n) is 0.908. The minimum Gasteiger partial charge on any atom is -0.478 e. The predicted molar refractivity (Wildman–Crippen MR) is 46.7 cm³/mol. The van der Waals surface area contributed by atoms with Gasteiger partial charge in [0.2, 0.25) is 0 Å². The molecular weight excluding hydrogens is 154 g/mol. The van der Waals surface area contributed by atoms with Crippen LogP contribution in [-0.4, -0.2) is 15.6 Å². The SMILES string of the molecule is CC(=Cc1cccn1C)C(=O)O. The van der Waals surface area contributed by atoms with Gasteiger partial charge in [-0.2, -0.15) is 0 Å². The summed E-state index contributed by atoms with van der Waals surface area (Å²) < 4.78 is 1.87. The molecule has 1 aromatic heterocycles. The minimum atomic E-state index is -0.879. The molecule has 1 heterocycles. The van der Waals surface area contributed by atoms with E-state index in [2.05, 4.69) is 0 Å². The molecule has 0 unspecified atom stereocenters. The van der Waals surface area contributed by atoms with Gasteiger partial charge in [-0.3, -0.25) is 0 Å². The third kappa shape index (κ3) is 1.75. The lowest BCUT2D eigenvalue weighted by Crippen LogP contribution is -1.97. The highest BCUT2D eigenvalue weighted by Crippen LogP contribution is 2.06. The monoisotopic (exact) mass is 165 g/mol. The third-order valence-electron chi connectivity index (χ3n) is 1.69. The Bertz CT molecular complexity index is 323. The second-order valence-electron chi connectivity index (χ2n) is 2.68. The predicted octanol–water partition coefficient (Wildman–Crippen LogP) is 1.51. The van der Waals surface area contributed by atoms with Crippen LogP contribution in [0.5, 0.6) is 0 Å². The van der Waals surface area contributed by atoms with E-state index in [1.54, 1.807) is 13.0 Å². The molecule has 0 spiro atoms. The van der Waals surface area contributed by atoms with Crippen molar-refractivity contribution in [1.82, 2.24) is 4.57 Å². The van der Waals surface area contributed by atoms with Crippen LogP contribution in [0.2, 0.25) is 0 Å². The molecule has 12 heavy (non-hydrogen) atoms. The van der Waals surface area contributed by atoms with E-state index in [1.807, 2.05) is 29.9 Å². The lowest BCUT2D eigenvalue weighted by Gasteiger charge is -1.96. The molecule has 0 aliphatic carbocycles. The molecule has 0 fully saturated rings. The summed E-state index contributed by atoms with van der Waals surface area (Å²) in [4.78, 5) is 10.5. The van der Waals surface area contributed by atoms with E-state index in [-0.39, 0.29) is 0 Å². The number of aromatic nitrogens is 1. The van der Waals surface area contributed by atoms with E-state index in [0.717, 1.165) is 5.69 Å². The molecule has 3 heteroatoms. The highest BCUT2D eigenvalue weighted by Gasteiger charge is 2.00. The third-order valence-corrected chi connectivity index (χ3v) is 1.69. The van der Waals surface area contributed by atoms with Gasteiger partial charge in [0, 0.05) is 24.5 Å². The second kappa shape index (κ2) is 3.26. The summed E-state index contributed by atoms with van der Waals surface area (Å²) in [5, 5.41) is 8.59. The van der Waals surface area contributed by atoms with Gasteiger partial charge in [0.25, 0.3) is 0 Å². The van der Waals surface area contributed by atoms with Crippen LogP contribution in [0.3, 0.4) is 0 Å². The minimum absolute atomic E-state index is 0.344. The fraction of sp³-hybridized carbons (Fsp3) is 0.222. The summed E-state index contributed by atoms with van der Waals surface area (Å²) >= 11 is 0. The molecule has 1 rings (SSSR count). The molecule has 64 valence electrons. The zero-order valence-corrected chi connectivity index (χ0v) is 7.11. The average Bonchev–Trinajstić information content (AvgIpc) is 2.36. The quantitative estimate of drug-likeness (QED) is 0.675. The standard InChI is InChI=1S/C9H11NO2/c1-7(9(11)12)6-8-4-3-5-10(8)2/h3-6H,1-2H3,(H,11,12). The maximum atomic E-state index is 10.5. The number of carboxylic acid groups (broad SMARTS) is 1. The van der Waals surface area contributed by atoms with Gasteiger partial charge >= 0.3 is 5.97 Å². The van der Waals surface area contributed by atoms with Crippen LogP contribution in [-0.2, 0) is 11.8 Å². The molecule has 1 aromatic rings. The Kier molecular flexibility index (Phi) is 2.33. The first kappa shape index (κ1) is 8.59. The number of hydrogen-bond acceptors (Lipinski definition) is 1. The van der Waals surface area contributed by atoms with E-state index in [9.17, 15) is 4.79 Å². The van der Waals surface area contributed by atoms with Crippen molar-refractivity contribution in [2.24, 2.45) is 7.05 Å². The van der Waals surface area contributed by atoms with Crippen molar-refractivity contribution in [3.8, 4) is 0 Å². The maximum Gasteiger partial charge on any atom is 0.331 e. The van der Waals surface area contributed by atoms with Crippen LogP contribution in [0, 0.1) is 0 Å². The van der Waals surface area contributed by atoms with Crippen molar-refractivity contribution < 1.29 is 9.90 Å². The van der Waals surface area contributed by atoms with Crippen molar-refractivity contribution in [2.45, 2.75) is 6.92 Å². The van der Waals surface area contributed by atoms with Gasteiger partial charge in [-0.25, -0.2) is 4.79 Å². The summed E-state index contributed by atoms with van der Waals surface area (Å²) in [5.41, 5.74) is 1.24. The molecule has 0 saturated carbocycles. The normalized spacial score (nSPS) is 11.7. The van der Waals surface area contributed by atoms with Crippen LogP contribution in [0.4, 0.5) is 0 Å². The first-order chi connectivity index (χ1) is 5.61. The average molecular weight is 165 g/mol. The van der Waals surface area contributed by atoms with Gasteiger partial charge in [0.15, 0.2) is 0 Å². The fourth-order valence-corrected chi connectivity index (χ4v) is 0.908. The Morgan fingerprint density at radius 1 is 1.67 bits per heavy atom. The Labute approximate surface area is 70.9 Å². The first-order valence-electron chi connectivity index (χ1n) is 3.64. The summed E-state index contributed by atoms with van der Waals surface area (Å²) in [6.45, 7) is 1.58. The van der Waals surface area contributed by atoms with E-state index in [0.29, 0.717) is 5.57 Å². The molecule has 0 atom stereocenters. The molecule has 3 nitrogen and oxygen atoms in total. The zero-order valence-electron chi connectivity index (χ0n) is 7.11.